The van der Waals surface area contributed by atoms with Gasteiger partial charge < -0.3 is 5.32 Å². The smallest absolute Gasteiger partial charge is 0.352 e. The van der Waals surface area contributed by atoms with Gasteiger partial charge in [0, 0.05) is 28.6 Å². The van der Waals surface area contributed by atoms with E-state index in [-0.39, 0.29) is 18.9 Å². The maximum atomic E-state index is 12.6. The summed E-state index contributed by atoms with van der Waals surface area (Å²) in [6.07, 6.45) is -4.10. The predicted octanol–water partition coefficient (Wildman–Crippen LogP) is 5.16. The Morgan fingerprint density at radius 2 is 1.83 bits per heavy atom. The zero-order valence-corrected chi connectivity index (χ0v) is 14.1. The van der Waals surface area contributed by atoms with Crippen molar-refractivity contribution in [3.63, 3.8) is 0 Å². The molecular weight excluding hydrogens is 359 g/mol. The fraction of sp³-hybridized carbons (Fsp3) is 0.235. The Balaban J connectivity index is 1.76. The zero-order valence-electron chi connectivity index (χ0n) is 12.6. The van der Waals surface area contributed by atoms with E-state index in [0.29, 0.717) is 16.3 Å². The summed E-state index contributed by atoms with van der Waals surface area (Å²) in [5.41, 5.74) is -0.295. The Labute approximate surface area is 147 Å². The highest BCUT2D eigenvalue weighted by atomic mass is 35.5. The van der Waals surface area contributed by atoms with Crippen molar-refractivity contribution in [2.75, 3.05) is 5.75 Å². The van der Waals surface area contributed by atoms with Gasteiger partial charge in [0.1, 0.15) is 0 Å². The molecular formula is C17H15ClF3NOS. The van der Waals surface area contributed by atoms with Crippen LogP contribution < -0.4 is 5.32 Å². The van der Waals surface area contributed by atoms with E-state index in [9.17, 15) is 18.0 Å². The molecule has 2 rings (SSSR count). The Hall–Kier alpha value is -1.66. The quantitative estimate of drug-likeness (QED) is 0.709. The standard InChI is InChI=1S/C17H15ClF3NOS/c18-14-4-6-15(7-5-14)24-9-8-16(23)22-11-12-2-1-3-13(10-12)17(19,20)21/h1-7,10H,8-9,11H2,(H,22,23). The van der Waals surface area contributed by atoms with Gasteiger partial charge in [-0.15, -0.1) is 11.8 Å². The van der Waals surface area contributed by atoms with Crippen LogP contribution in [0.4, 0.5) is 13.2 Å². The lowest BCUT2D eigenvalue weighted by Crippen LogP contribution is -2.23. The third-order valence-corrected chi connectivity index (χ3v) is 4.42. The molecule has 1 amide bonds. The van der Waals surface area contributed by atoms with Gasteiger partial charge in [0.25, 0.3) is 0 Å². The van der Waals surface area contributed by atoms with Gasteiger partial charge in [-0.2, -0.15) is 13.2 Å². The van der Waals surface area contributed by atoms with Gasteiger partial charge in [-0.3, -0.25) is 4.79 Å². The molecule has 0 unspecified atom stereocenters. The largest absolute Gasteiger partial charge is 0.416 e. The molecule has 0 aromatic heterocycles. The van der Waals surface area contributed by atoms with Crippen LogP contribution >= 0.6 is 23.4 Å². The van der Waals surface area contributed by atoms with Crippen LogP contribution in [0.2, 0.25) is 5.02 Å². The van der Waals surface area contributed by atoms with Crippen molar-refractivity contribution in [3.05, 3.63) is 64.7 Å². The average Bonchev–Trinajstić information content (AvgIpc) is 2.54. The van der Waals surface area contributed by atoms with Crippen LogP contribution in [-0.4, -0.2) is 11.7 Å². The summed E-state index contributed by atoms with van der Waals surface area (Å²) in [7, 11) is 0. The molecule has 0 heterocycles. The van der Waals surface area contributed by atoms with Gasteiger partial charge in [-0.25, -0.2) is 0 Å². The molecule has 24 heavy (non-hydrogen) atoms. The molecule has 0 aliphatic carbocycles. The SMILES string of the molecule is O=C(CCSc1ccc(Cl)cc1)NCc1cccc(C(F)(F)F)c1. The van der Waals surface area contributed by atoms with E-state index < -0.39 is 11.7 Å². The van der Waals surface area contributed by atoms with E-state index in [1.54, 1.807) is 18.2 Å². The van der Waals surface area contributed by atoms with Gasteiger partial charge in [-0.1, -0.05) is 23.7 Å². The normalized spacial score (nSPS) is 11.3. The van der Waals surface area contributed by atoms with Crippen LogP contribution in [0.3, 0.4) is 0 Å². The minimum Gasteiger partial charge on any atom is -0.352 e. The first kappa shape index (κ1) is 18.7. The Morgan fingerprint density at radius 3 is 2.50 bits per heavy atom. The molecule has 0 atom stereocenters. The molecule has 2 aromatic carbocycles. The summed E-state index contributed by atoms with van der Waals surface area (Å²) in [4.78, 5) is 12.8. The van der Waals surface area contributed by atoms with Crippen molar-refractivity contribution in [2.24, 2.45) is 0 Å². The lowest BCUT2D eigenvalue weighted by atomic mass is 10.1. The van der Waals surface area contributed by atoms with Crippen LogP contribution in [0.15, 0.2) is 53.4 Å². The lowest BCUT2D eigenvalue weighted by molar-refractivity contribution is -0.137. The lowest BCUT2D eigenvalue weighted by Gasteiger charge is -2.09. The summed E-state index contributed by atoms with van der Waals surface area (Å²) in [5, 5.41) is 3.28. The summed E-state index contributed by atoms with van der Waals surface area (Å²) in [6.45, 7) is 0.0777. The Morgan fingerprint density at radius 1 is 1.12 bits per heavy atom. The van der Waals surface area contributed by atoms with Crippen molar-refractivity contribution < 1.29 is 18.0 Å². The maximum absolute atomic E-state index is 12.6. The second kappa shape index (κ2) is 8.44. The van der Waals surface area contributed by atoms with Crippen molar-refractivity contribution in [2.45, 2.75) is 24.0 Å². The van der Waals surface area contributed by atoms with E-state index >= 15 is 0 Å². The molecule has 1 N–H and O–H groups in total. The molecule has 0 saturated carbocycles. The van der Waals surface area contributed by atoms with Crippen molar-refractivity contribution in [3.8, 4) is 0 Å². The van der Waals surface area contributed by atoms with E-state index in [0.717, 1.165) is 17.0 Å². The van der Waals surface area contributed by atoms with Crippen molar-refractivity contribution in [1.29, 1.82) is 0 Å². The van der Waals surface area contributed by atoms with Gasteiger partial charge in [0.15, 0.2) is 0 Å². The zero-order chi connectivity index (χ0) is 17.6. The third-order valence-electron chi connectivity index (χ3n) is 3.16. The Bertz CT molecular complexity index is 689. The summed E-state index contributed by atoms with van der Waals surface area (Å²) >= 11 is 7.31. The third kappa shape index (κ3) is 6.09. The van der Waals surface area contributed by atoms with Crippen molar-refractivity contribution >= 4 is 29.3 Å². The fourth-order valence-corrected chi connectivity index (χ4v) is 2.92. The number of hydrogen-bond acceptors (Lipinski definition) is 2. The van der Waals surface area contributed by atoms with Gasteiger partial charge in [0.2, 0.25) is 5.91 Å². The van der Waals surface area contributed by atoms with Crippen LogP contribution in [0.1, 0.15) is 17.5 Å². The summed E-state index contributed by atoms with van der Waals surface area (Å²) < 4.78 is 37.9. The number of halogens is 4. The first-order valence-corrected chi connectivity index (χ1v) is 8.52. The maximum Gasteiger partial charge on any atom is 0.416 e. The monoisotopic (exact) mass is 373 g/mol. The number of thioether (sulfide) groups is 1. The van der Waals surface area contributed by atoms with Crippen LogP contribution in [0.25, 0.3) is 0 Å². The number of alkyl halides is 3. The number of amides is 1. The van der Waals surface area contributed by atoms with Crippen molar-refractivity contribution in [1.82, 2.24) is 5.32 Å². The molecule has 0 radical (unpaired) electrons. The first-order chi connectivity index (χ1) is 11.3. The van der Waals surface area contributed by atoms with E-state index in [2.05, 4.69) is 5.32 Å². The van der Waals surface area contributed by atoms with E-state index in [4.69, 9.17) is 11.6 Å². The second-order valence-electron chi connectivity index (χ2n) is 5.03. The molecule has 0 aliphatic heterocycles. The minimum absolute atomic E-state index is 0.0777. The molecule has 7 heteroatoms. The number of rotatable bonds is 6. The number of nitrogens with one attached hydrogen (secondary N) is 1. The average molecular weight is 374 g/mol. The highest BCUT2D eigenvalue weighted by Crippen LogP contribution is 2.29. The number of carbonyl (C=O) groups is 1. The summed E-state index contributed by atoms with van der Waals surface area (Å²) in [5.74, 6) is 0.379. The number of benzene rings is 2. The second-order valence-corrected chi connectivity index (χ2v) is 6.63. The predicted molar refractivity (Wildman–Crippen MR) is 90.1 cm³/mol. The van der Waals surface area contributed by atoms with Crippen LogP contribution in [0.5, 0.6) is 0 Å². The molecule has 2 aromatic rings. The highest BCUT2D eigenvalue weighted by Gasteiger charge is 2.30. The number of carbonyl (C=O) groups excluding carboxylic acids is 1. The first-order valence-electron chi connectivity index (χ1n) is 7.16. The fourth-order valence-electron chi connectivity index (χ4n) is 1.94. The molecule has 128 valence electrons. The molecule has 0 bridgehead atoms. The summed E-state index contributed by atoms with van der Waals surface area (Å²) in [6, 6.07) is 12.2. The Kier molecular flexibility index (Phi) is 6.57. The van der Waals surface area contributed by atoms with E-state index in [1.807, 2.05) is 12.1 Å². The van der Waals surface area contributed by atoms with Gasteiger partial charge in [-0.05, 0) is 42.0 Å². The highest BCUT2D eigenvalue weighted by molar-refractivity contribution is 7.99. The molecule has 0 aliphatic rings. The molecule has 0 fully saturated rings. The van der Waals surface area contributed by atoms with Crippen LogP contribution in [-0.2, 0) is 17.5 Å². The van der Waals surface area contributed by atoms with Gasteiger partial charge >= 0.3 is 6.18 Å². The molecule has 2 nitrogen and oxygen atoms in total. The van der Waals surface area contributed by atoms with E-state index in [1.165, 1.54) is 17.8 Å². The molecule has 0 spiro atoms. The minimum atomic E-state index is -4.38. The van der Waals surface area contributed by atoms with Gasteiger partial charge in [0.05, 0.1) is 5.56 Å². The molecule has 0 saturated heterocycles. The van der Waals surface area contributed by atoms with Crippen LogP contribution in [0, 0.1) is 0 Å². The topological polar surface area (TPSA) is 29.1 Å². The number of hydrogen-bond donors (Lipinski definition) is 1.